The summed E-state index contributed by atoms with van der Waals surface area (Å²) in [4.78, 5) is 13.5. The van der Waals surface area contributed by atoms with Crippen LogP contribution in [0.3, 0.4) is 0 Å². The number of rotatable bonds is 6. The third-order valence-electron chi connectivity index (χ3n) is 3.11. The Morgan fingerprint density at radius 3 is 2.61 bits per heavy atom. The molecule has 1 saturated heterocycles. The van der Waals surface area contributed by atoms with Crippen molar-refractivity contribution in [2.45, 2.75) is 32.3 Å². The molecule has 0 radical (unpaired) electrons. The molecule has 5 heteroatoms. The fraction of sp³-hybridized carbons (Fsp3) is 0.923. The quantitative estimate of drug-likeness (QED) is 0.716. The Bertz CT molecular complexity index is 263. The van der Waals surface area contributed by atoms with E-state index in [1.54, 1.807) is 0 Å². The molecule has 1 fully saturated rings. The van der Waals surface area contributed by atoms with E-state index in [0.717, 1.165) is 0 Å². The maximum absolute atomic E-state index is 11.6. The van der Waals surface area contributed by atoms with Crippen molar-refractivity contribution in [1.29, 1.82) is 0 Å². The molecule has 0 aromatic carbocycles. The maximum atomic E-state index is 11.6. The fourth-order valence-electron chi connectivity index (χ4n) is 2.09. The van der Waals surface area contributed by atoms with Crippen molar-refractivity contribution >= 4 is 5.91 Å². The van der Waals surface area contributed by atoms with Gasteiger partial charge in [0.1, 0.15) is 0 Å². The number of nitrogens with one attached hydrogen (secondary N) is 1. The smallest absolute Gasteiger partial charge is 0.234 e. The molecule has 1 aliphatic rings. The van der Waals surface area contributed by atoms with E-state index in [4.69, 9.17) is 4.74 Å². The van der Waals surface area contributed by atoms with Crippen LogP contribution in [0.15, 0.2) is 0 Å². The van der Waals surface area contributed by atoms with Crippen LogP contribution in [-0.4, -0.2) is 61.4 Å². The summed E-state index contributed by atoms with van der Waals surface area (Å²) in [6.45, 7) is 6.88. The lowest BCUT2D eigenvalue weighted by Crippen LogP contribution is -2.48. The molecule has 0 unspecified atom stereocenters. The van der Waals surface area contributed by atoms with Crippen molar-refractivity contribution in [1.82, 2.24) is 10.2 Å². The summed E-state index contributed by atoms with van der Waals surface area (Å²) < 4.78 is 5.23. The van der Waals surface area contributed by atoms with Gasteiger partial charge in [-0.1, -0.05) is 13.8 Å². The van der Waals surface area contributed by atoms with Crippen molar-refractivity contribution < 1.29 is 14.6 Å². The van der Waals surface area contributed by atoms with E-state index in [2.05, 4.69) is 19.2 Å². The van der Waals surface area contributed by atoms with Gasteiger partial charge in [0.25, 0.3) is 0 Å². The van der Waals surface area contributed by atoms with Crippen LogP contribution in [-0.2, 0) is 9.53 Å². The number of nitrogens with zero attached hydrogens (tertiary/aromatic N) is 1. The Balaban J connectivity index is 2.27. The van der Waals surface area contributed by atoms with Gasteiger partial charge in [-0.15, -0.1) is 0 Å². The lowest BCUT2D eigenvalue weighted by atomic mass is 9.94. The van der Waals surface area contributed by atoms with Gasteiger partial charge in [0.15, 0.2) is 0 Å². The zero-order valence-electron chi connectivity index (χ0n) is 11.7. The van der Waals surface area contributed by atoms with Crippen molar-refractivity contribution in [3.63, 3.8) is 0 Å². The molecule has 106 valence electrons. The zero-order valence-corrected chi connectivity index (χ0v) is 11.7. The first-order chi connectivity index (χ1) is 8.41. The average molecular weight is 258 g/mol. The Morgan fingerprint density at radius 2 is 2.06 bits per heavy atom. The second-order valence-electron chi connectivity index (χ2n) is 5.71. The molecule has 0 aromatic heterocycles. The highest BCUT2D eigenvalue weighted by Crippen LogP contribution is 2.20. The van der Waals surface area contributed by atoms with Crippen LogP contribution >= 0.6 is 0 Å². The predicted octanol–water partition coefficient (Wildman–Crippen LogP) is 0.232. The third-order valence-corrected chi connectivity index (χ3v) is 3.11. The van der Waals surface area contributed by atoms with Gasteiger partial charge in [-0.05, 0) is 13.0 Å². The van der Waals surface area contributed by atoms with Gasteiger partial charge in [-0.25, -0.2) is 0 Å². The van der Waals surface area contributed by atoms with Crippen LogP contribution in [0.25, 0.3) is 0 Å². The summed E-state index contributed by atoms with van der Waals surface area (Å²) in [5.74, 6) is 0.473. The van der Waals surface area contributed by atoms with E-state index in [-0.39, 0.29) is 5.91 Å². The average Bonchev–Trinajstić information content (AvgIpc) is 2.26. The van der Waals surface area contributed by atoms with Gasteiger partial charge in [0.2, 0.25) is 5.91 Å². The van der Waals surface area contributed by atoms with Gasteiger partial charge in [-0.3, -0.25) is 9.69 Å². The molecule has 18 heavy (non-hydrogen) atoms. The number of carbonyl (C=O) groups excluding carboxylic acids is 1. The van der Waals surface area contributed by atoms with Crippen LogP contribution in [0.1, 0.15) is 26.7 Å². The third kappa shape index (κ3) is 5.80. The van der Waals surface area contributed by atoms with Crippen LogP contribution in [0.5, 0.6) is 0 Å². The van der Waals surface area contributed by atoms with E-state index < -0.39 is 5.60 Å². The van der Waals surface area contributed by atoms with Crippen LogP contribution in [0.4, 0.5) is 0 Å². The van der Waals surface area contributed by atoms with Crippen molar-refractivity contribution in [3.8, 4) is 0 Å². The Morgan fingerprint density at radius 1 is 1.44 bits per heavy atom. The Kier molecular flexibility index (Phi) is 6.05. The molecule has 1 rings (SSSR count). The van der Waals surface area contributed by atoms with E-state index in [0.29, 0.717) is 51.6 Å². The second kappa shape index (κ2) is 7.07. The minimum Gasteiger partial charge on any atom is -0.388 e. The highest BCUT2D eigenvalue weighted by atomic mass is 16.5. The van der Waals surface area contributed by atoms with E-state index in [9.17, 15) is 9.90 Å². The van der Waals surface area contributed by atoms with Crippen molar-refractivity contribution in [3.05, 3.63) is 0 Å². The monoisotopic (exact) mass is 258 g/mol. The normalized spacial score (nSPS) is 19.2. The molecule has 0 aliphatic carbocycles. The highest BCUT2D eigenvalue weighted by molar-refractivity contribution is 5.77. The number of carbonyl (C=O) groups is 1. The van der Waals surface area contributed by atoms with Gasteiger partial charge < -0.3 is 15.2 Å². The van der Waals surface area contributed by atoms with Crippen LogP contribution in [0, 0.1) is 5.92 Å². The predicted molar refractivity (Wildman–Crippen MR) is 70.3 cm³/mol. The van der Waals surface area contributed by atoms with Crippen molar-refractivity contribution in [2.75, 3.05) is 39.9 Å². The number of aliphatic hydroxyl groups is 1. The maximum Gasteiger partial charge on any atom is 0.234 e. The Labute approximate surface area is 109 Å². The van der Waals surface area contributed by atoms with Gasteiger partial charge >= 0.3 is 0 Å². The fourth-order valence-corrected chi connectivity index (χ4v) is 2.09. The summed E-state index contributed by atoms with van der Waals surface area (Å²) in [6.07, 6.45) is 1.29. The standard InChI is InChI=1S/C13H26N2O3/c1-11(2)8-14-12(16)9-15(3)10-13(17)4-6-18-7-5-13/h11,17H,4-10H2,1-3H3,(H,14,16). The van der Waals surface area contributed by atoms with Gasteiger partial charge in [0, 0.05) is 39.1 Å². The summed E-state index contributed by atoms with van der Waals surface area (Å²) in [5.41, 5.74) is -0.703. The van der Waals surface area contributed by atoms with Crippen LogP contribution in [0.2, 0.25) is 0 Å². The van der Waals surface area contributed by atoms with Gasteiger partial charge in [-0.2, -0.15) is 0 Å². The molecular weight excluding hydrogens is 232 g/mol. The highest BCUT2D eigenvalue weighted by Gasteiger charge is 2.31. The molecule has 1 heterocycles. The summed E-state index contributed by atoms with van der Waals surface area (Å²) in [6, 6.07) is 0. The minimum atomic E-state index is -0.703. The summed E-state index contributed by atoms with van der Waals surface area (Å²) >= 11 is 0. The molecular formula is C13H26N2O3. The molecule has 0 atom stereocenters. The Hall–Kier alpha value is -0.650. The number of hydrogen-bond acceptors (Lipinski definition) is 4. The molecule has 0 aromatic rings. The minimum absolute atomic E-state index is 0.0156. The molecule has 5 nitrogen and oxygen atoms in total. The largest absolute Gasteiger partial charge is 0.388 e. The van der Waals surface area contributed by atoms with E-state index in [1.165, 1.54) is 0 Å². The summed E-state index contributed by atoms with van der Waals surface area (Å²) in [5, 5.41) is 13.2. The second-order valence-corrected chi connectivity index (χ2v) is 5.71. The zero-order chi connectivity index (χ0) is 13.6. The summed E-state index contributed by atoms with van der Waals surface area (Å²) in [7, 11) is 1.86. The first kappa shape index (κ1) is 15.4. The molecule has 0 spiro atoms. The molecule has 0 saturated carbocycles. The van der Waals surface area contributed by atoms with Crippen LogP contribution < -0.4 is 5.32 Å². The lowest BCUT2D eigenvalue weighted by Gasteiger charge is -2.35. The molecule has 0 bridgehead atoms. The number of amides is 1. The molecule has 1 amide bonds. The first-order valence-electron chi connectivity index (χ1n) is 6.67. The SMILES string of the molecule is CC(C)CNC(=O)CN(C)CC1(O)CCOCC1. The number of likely N-dealkylation sites (N-methyl/N-ethyl adjacent to an activating group) is 1. The van der Waals surface area contributed by atoms with Gasteiger partial charge in [0.05, 0.1) is 12.1 Å². The lowest BCUT2D eigenvalue weighted by molar-refractivity contribution is -0.123. The molecule has 2 N–H and O–H groups in total. The topological polar surface area (TPSA) is 61.8 Å². The van der Waals surface area contributed by atoms with E-state index in [1.807, 2.05) is 11.9 Å². The number of hydrogen-bond donors (Lipinski definition) is 2. The number of ether oxygens (including phenoxy) is 1. The first-order valence-corrected chi connectivity index (χ1v) is 6.67. The van der Waals surface area contributed by atoms with E-state index >= 15 is 0 Å². The molecule has 1 aliphatic heterocycles. The van der Waals surface area contributed by atoms with Crippen molar-refractivity contribution in [2.24, 2.45) is 5.92 Å².